The molecule has 0 N–H and O–H groups in total. The number of aryl methyl sites for hydroxylation is 1. The monoisotopic (exact) mass is 592 g/mol. The fourth-order valence-corrected chi connectivity index (χ4v) is 7.93. The van der Waals surface area contributed by atoms with E-state index in [0.717, 1.165) is 12.0 Å². The molecule has 3 aliphatic rings. The quantitative estimate of drug-likeness (QED) is 0.216. The highest BCUT2D eigenvalue weighted by Gasteiger charge is 2.53. The first-order chi connectivity index (χ1) is 22.5. The maximum Gasteiger partial charge on any atom is 0.0728 e. The first-order valence-electron chi connectivity index (χ1n) is 16.4. The van der Waals surface area contributed by atoms with E-state index in [2.05, 4.69) is 180 Å². The molecule has 1 unspecified atom stereocenters. The van der Waals surface area contributed by atoms with E-state index < -0.39 is 5.41 Å². The molecule has 0 nitrogen and oxygen atoms in total. The van der Waals surface area contributed by atoms with E-state index in [1.807, 2.05) is 0 Å². The Kier molecular flexibility index (Phi) is 7.67. The van der Waals surface area contributed by atoms with Gasteiger partial charge in [-0.15, -0.1) is 0 Å². The van der Waals surface area contributed by atoms with Gasteiger partial charge < -0.3 is 0 Å². The van der Waals surface area contributed by atoms with Crippen molar-refractivity contribution in [3.8, 4) is 0 Å². The molecule has 1 spiro atoms. The van der Waals surface area contributed by atoms with Gasteiger partial charge in [0, 0.05) is 0 Å². The topological polar surface area (TPSA) is 0 Å². The maximum absolute atomic E-state index is 4.39. The number of hydrogen-bond acceptors (Lipinski definition) is 0. The zero-order valence-electron chi connectivity index (χ0n) is 27.3. The summed E-state index contributed by atoms with van der Waals surface area (Å²) in [6.07, 6.45) is 18.9. The second kappa shape index (κ2) is 12.0. The lowest BCUT2D eigenvalue weighted by Crippen LogP contribution is -2.29. The molecule has 0 amide bonds. The summed E-state index contributed by atoms with van der Waals surface area (Å²) in [5.41, 5.74) is 18.7. The Labute approximate surface area is 274 Å². The van der Waals surface area contributed by atoms with Crippen LogP contribution in [-0.2, 0) is 5.41 Å². The molecular weight excluding hydrogens is 553 g/mol. The first kappa shape index (κ1) is 29.5. The molecule has 7 rings (SSSR count). The van der Waals surface area contributed by atoms with Crippen molar-refractivity contribution in [3.63, 3.8) is 0 Å². The van der Waals surface area contributed by atoms with Gasteiger partial charge in [-0.1, -0.05) is 159 Å². The van der Waals surface area contributed by atoms with Gasteiger partial charge >= 0.3 is 0 Å². The molecule has 0 aromatic heterocycles. The predicted octanol–water partition coefficient (Wildman–Crippen LogP) is 12.1. The van der Waals surface area contributed by atoms with E-state index in [-0.39, 0.29) is 0 Å². The summed E-state index contributed by atoms with van der Waals surface area (Å²) in [5, 5.41) is 0. The Morgan fingerprint density at radius 2 is 1.33 bits per heavy atom. The van der Waals surface area contributed by atoms with Gasteiger partial charge in [-0.25, -0.2) is 0 Å². The summed E-state index contributed by atoms with van der Waals surface area (Å²) < 4.78 is 0. The molecular formula is C46H40. The Hall–Kier alpha value is -5.20. The van der Waals surface area contributed by atoms with Crippen molar-refractivity contribution in [2.24, 2.45) is 0 Å². The normalized spacial score (nSPS) is 21.1. The Morgan fingerprint density at radius 1 is 0.717 bits per heavy atom. The molecule has 0 heteroatoms. The van der Waals surface area contributed by atoms with Crippen LogP contribution in [-0.4, -0.2) is 0 Å². The molecule has 1 atom stereocenters. The predicted molar refractivity (Wildman–Crippen MR) is 199 cm³/mol. The highest BCUT2D eigenvalue weighted by Crippen LogP contribution is 2.64. The Morgan fingerprint density at radius 3 is 2.00 bits per heavy atom. The highest BCUT2D eigenvalue weighted by molar-refractivity contribution is 6.06. The molecule has 0 radical (unpaired) electrons. The fourth-order valence-electron chi connectivity index (χ4n) is 7.93. The SMILES string of the molecule is C=C1\C=C/C=C\C(=C/C2=C(/C=C/C)C3(C(/C(=C\C)c4ccc(C)cc4)=C(CC)c4ccccc43)c3ccccc32)c2ccccc21. The number of benzene rings is 4. The summed E-state index contributed by atoms with van der Waals surface area (Å²) in [6.45, 7) is 13.2. The zero-order valence-corrected chi connectivity index (χ0v) is 27.3. The van der Waals surface area contributed by atoms with E-state index in [0.29, 0.717) is 0 Å². The van der Waals surface area contributed by atoms with Gasteiger partial charge in [-0.05, 0) is 111 Å². The highest BCUT2D eigenvalue weighted by atomic mass is 14.5. The van der Waals surface area contributed by atoms with Crippen molar-refractivity contribution in [2.45, 2.75) is 39.5 Å². The van der Waals surface area contributed by atoms with Crippen molar-refractivity contribution in [1.29, 1.82) is 0 Å². The summed E-state index contributed by atoms with van der Waals surface area (Å²) in [5.74, 6) is 0. The van der Waals surface area contributed by atoms with Gasteiger partial charge in [-0.2, -0.15) is 0 Å². The van der Waals surface area contributed by atoms with E-state index in [1.54, 1.807) is 0 Å². The van der Waals surface area contributed by atoms with Crippen LogP contribution in [0.1, 0.15) is 71.7 Å². The van der Waals surface area contributed by atoms with E-state index in [1.165, 1.54) is 77.9 Å². The van der Waals surface area contributed by atoms with Gasteiger partial charge in [-0.3, -0.25) is 0 Å². The summed E-state index contributed by atoms with van der Waals surface area (Å²) in [4.78, 5) is 0. The van der Waals surface area contributed by atoms with Crippen molar-refractivity contribution < 1.29 is 0 Å². The standard InChI is InChI=1S/C46H40/c1-6-17-42-41(30-34-19-10-9-18-32(5)37-20-11-12-21-38(34)37)40-23-14-16-25-44(40)46(42)43-24-15-13-22-39(43)36(8-3)45(46)35(7-2)33-28-26-31(4)27-29-33/h6-7,9-30H,5,8H2,1-4H3/b17-6+,18-9-,19-10-,34-30+,35-7-. The minimum atomic E-state index is -0.460. The minimum Gasteiger partial charge on any atom is -0.0911 e. The summed E-state index contributed by atoms with van der Waals surface area (Å²) in [7, 11) is 0. The van der Waals surface area contributed by atoms with Crippen molar-refractivity contribution in [2.75, 3.05) is 0 Å². The van der Waals surface area contributed by atoms with Crippen molar-refractivity contribution in [1.82, 2.24) is 0 Å². The average Bonchev–Trinajstić information content (AvgIpc) is 3.52. The van der Waals surface area contributed by atoms with Gasteiger partial charge in [0.1, 0.15) is 0 Å². The molecule has 0 bridgehead atoms. The van der Waals surface area contributed by atoms with Crippen LogP contribution in [0.2, 0.25) is 0 Å². The van der Waals surface area contributed by atoms with Crippen LogP contribution in [0, 0.1) is 6.92 Å². The van der Waals surface area contributed by atoms with E-state index in [9.17, 15) is 0 Å². The second-order valence-corrected chi connectivity index (χ2v) is 12.3. The third-order valence-corrected chi connectivity index (χ3v) is 9.82. The van der Waals surface area contributed by atoms with Crippen LogP contribution in [0.15, 0.2) is 163 Å². The fraction of sp³-hybridized carbons (Fsp3) is 0.130. The lowest BCUT2D eigenvalue weighted by atomic mass is 9.65. The number of allylic oxidation sites excluding steroid dienone is 15. The molecule has 224 valence electrons. The van der Waals surface area contributed by atoms with Crippen LogP contribution in [0.25, 0.3) is 27.9 Å². The van der Waals surface area contributed by atoms with Gasteiger partial charge in [0.25, 0.3) is 0 Å². The Bertz CT molecular complexity index is 2100. The van der Waals surface area contributed by atoms with Crippen LogP contribution in [0.4, 0.5) is 0 Å². The lowest BCUT2D eigenvalue weighted by molar-refractivity contribution is 0.782. The summed E-state index contributed by atoms with van der Waals surface area (Å²) in [6, 6.07) is 35.9. The molecule has 46 heavy (non-hydrogen) atoms. The number of hydrogen-bond donors (Lipinski definition) is 0. The average molecular weight is 593 g/mol. The third-order valence-electron chi connectivity index (χ3n) is 9.82. The molecule has 0 heterocycles. The largest absolute Gasteiger partial charge is 0.0911 e. The van der Waals surface area contributed by atoms with Gasteiger partial charge in [0.2, 0.25) is 0 Å². The van der Waals surface area contributed by atoms with Crippen LogP contribution in [0.5, 0.6) is 0 Å². The van der Waals surface area contributed by atoms with E-state index >= 15 is 0 Å². The molecule has 4 aromatic rings. The maximum atomic E-state index is 4.39. The minimum absolute atomic E-state index is 0.460. The van der Waals surface area contributed by atoms with Crippen LogP contribution < -0.4 is 0 Å². The zero-order chi connectivity index (χ0) is 31.8. The van der Waals surface area contributed by atoms with Crippen molar-refractivity contribution in [3.05, 3.63) is 208 Å². The molecule has 0 fully saturated rings. The van der Waals surface area contributed by atoms with Crippen LogP contribution >= 0.6 is 0 Å². The second-order valence-electron chi connectivity index (χ2n) is 12.3. The van der Waals surface area contributed by atoms with Gasteiger partial charge in [0.05, 0.1) is 5.41 Å². The lowest BCUT2D eigenvalue weighted by Gasteiger charge is -2.35. The molecule has 3 aliphatic carbocycles. The number of rotatable bonds is 5. The van der Waals surface area contributed by atoms with E-state index in [4.69, 9.17) is 0 Å². The Balaban J connectivity index is 1.62. The number of fused-ring (bicyclic) bond motifs is 5. The van der Waals surface area contributed by atoms with Gasteiger partial charge in [0.15, 0.2) is 0 Å². The first-order valence-corrected chi connectivity index (χ1v) is 16.4. The third kappa shape index (κ3) is 4.44. The smallest absolute Gasteiger partial charge is 0.0728 e. The summed E-state index contributed by atoms with van der Waals surface area (Å²) >= 11 is 0. The molecule has 4 aromatic carbocycles. The molecule has 0 saturated heterocycles. The molecule has 0 saturated carbocycles. The van der Waals surface area contributed by atoms with Crippen LogP contribution in [0.3, 0.4) is 0 Å². The van der Waals surface area contributed by atoms with Crippen molar-refractivity contribution >= 4 is 27.9 Å². The molecule has 0 aliphatic heterocycles.